The van der Waals surface area contributed by atoms with Crippen LogP contribution in [-0.2, 0) is 9.59 Å². The van der Waals surface area contributed by atoms with Crippen LogP contribution in [0.4, 0.5) is 0 Å². The minimum Gasteiger partial charge on any atom is -0.480 e. The number of nitrogens with one attached hydrogen (secondary N) is 2. The second-order valence-corrected chi connectivity index (χ2v) is 4.98. The zero-order valence-corrected chi connectivity index (χ0v) is 12.7. The van der Waals surface area contributed by atoms with Gasteiger partial charge in [-0.2, -0.15) is 0 Å². The van der Waals surface area contributed by atoms with Gasteiger partial charge in [0, 0.05) is 6.04 Å². The summed E-state index contributed by atoms with van der Waals surface area (Å²) in [6.07, 6.45) is 2.64. The summed E-state index contributed by atoms with van der Waals surface area (Å²) in [6, 6.07) is -0.365. The Bertz CT molecular complexity index is 297. The quantitative estimate of drug-likeness (QED) is 0.599. The molecule has 0 aromatic carbocycles. The molecule has 1 atom stereocenters. The van der Waals surface area contributed by atoms with Gasteiger partial charge in [0.15, 0.2) is 0 Å². The van der Waals surface area contributed by atoms with E-state index in [0.29, 0.717) is 12.8 Å². The first kappa shape index (κ1) is 17.9. The fourth-order valence-electron chi connectivity index (χ4n) is 2.12. The number of hydrogen-bond donors (Lipinski definition) is 3. The number of carboxylic acid groups (broad SMARTS) is 1. The van der Waals surface area contributed by atoms with Crippen molar-refractivity contribution in [2.45, 2.75) is 77.9 Å². The summed E-state index contributed by atoms with van der Waals surface area (Å²) < 4.78 is 0. The fraction of sp³-hybridized carbons (Fsp3) is 0.857. The van der Waals surface area contributed by atoms with Crippen LogP contribution >= 0.6 is 0 Å². The molecular formula is C14H28N2O3. The fourth-order valence-corrected chi connectivity index (χ4v) is 2.12. The molecule has 5 heteroatoms. The van der Waals surface area contributed by atoms with Gasteiger partial charge < -0.3 is 10.4 Å². The first-order valence-corrected chi connectivity index (χ1v) is 7.18. The lowest BCUT2D eigenvalue weighted by molar-refractivity contribution is -0.146. The number of aliphatic carboxylic acids is 1. The Morgan fingerprint density at radius 1 is 1.11 bits per heavy atom. The van der Waals surface area contributed by atoms with E-state index < -0.39 is 17.6 Å². The average molecular weight is 272 g/mol. The van der Waals surface area contributed by atoms with E-state index in [2.05, 4.69) is 10.6 Å². The average Bonchev–Trinajstić information content (AvgIpc) is 2.41. The third kappa shape index (κ3) is 4.82. The summed E-state index contributed by atoms with van der Waals surface area (Å²) in [7, 11) is 0. The van der Waals surface area contributed by atoms with Gasteiger partial charge in [-0.25, -0.2) is 0 Å². The predicted octanol–water partition coefficient (Wildman–Crippen LogP) is 1.91. The van der Waals surface area contributed by atoms with Crippen molar-refractivity contribution in [2.75, 3.05) is 0 Å². The Balaban J connectivity index is 4.69. The van der Waals surface area contributed by atoms with E-state index in [9.17, 15) is 14.7 Å². The Kier molecular flexibility index (Phi) is 7.68. The molecule has 0 aliphatic rings. The summed E-state index contributed by atoms with van der Waals surface area (Å²) in [6.45, 7) is 9.38. The van der Waals surface area contributed by atoms with Crippen LogP contribution in [0.5, 0.6) is 0 Å². The highest BCUT2D eigenvalue weighted by Crippen LogP contribution is 2.16. The molecule has 0 fully saturated rings. The van der Waals surface area contributed by atoms with Crippen molar-refractivity contribution < 1.29 is 14.7 Å². The number of carbonyl (C=O) groups excluding carboxylic acids is 1. The van der Waals surface area contributed by atoms with E-state index in [0.717, 1.165) is 12.8 Å². The summed E-state index contributed by atoms with van der Waals surface area (Å²) in [4.78, 5) is 23.4. The molecule has 0 saturated heterocycles. The lowest BCUT2D eigenvalue weighted by Gasteiger charge is -2.31. The Labute approximate surface area is 116 Å². The topological polar surface area (TPSA) is 78.4 Å². The number of amides is 1. The van der Waals surface area contributed by atoms with Crippen molar-refractivity contribution in [1.29, 1.82) is 0 Å². The standard InChI is InChI=1S/C14H28N2O3/c1-6-11(7-2)15-12(17)10(5)16-14(8-3,9-4)13(18)19/h10-11,16H,6-9H2,1-5H3,(H,15,17)(H,18,19). The van der Waals surface area contributed by atoms with Gasteiger partial charge in [0.05, 0.1) is 6.04 Å². The molecule has 3 N–H and O–H groups in total. The van der Waals surface area contributed by atoms with Gasteiger partial charge in [0.25, 0.3) is 0 Å². The zero-order chi connectivity index (χ0) is 15.1. The number of carbonyl (C=O) groups is 2. The first-order chi connectivity index (χ1) is 8.86. The molecule has 1 amide bonds. The summed E-state index contributed by atoms with van der Waals surface area (Å²) in [5.74, 6) is -1.04. The van der Waals surface area contributed by atoms with Crippen molar-refractivity contribution in [1.82, 2.24) is 10.6 Å². The van der Waals surface area contributed by atoms with Gasteiger partial charge >= 0.3 is 5.97 Å². The van der Waals surface area contributed by atoms with E-state index >= 15 is 0 Å². The molecule has 0 aromatic rings. The van der Waals surface area contributed by atoms with Crippen molar-refractivity contribution in [3.05, 3.63) is 0 Å². The van der Waals surface area contributed by atoms with Gasteiger partial charge in [-0.3, -0.25) is 14.9 Å². The van der Waals surface area contributed by atoms with Crippen LogP contribution in [0.15, 0.2) is 0 Å². The molecular weight excluding hydrogens is 244 g/mol. The van der Waals surface area contributed by atoms with Crippen molar-refractivity contribution in [3.63, 3.8) is 0 Å². The molecule has 5 nitrogen and oxygen atoms in total. The van der Waals surface area contributed by atoms with E-state index in [4.69, 9.17) is 0 Å². The third-order valence-corrected chi connectivity index (χ3v) is 3.83. The number of hydrogen-bond acceptors (Lipinski definition) is 3. The minimum absolute atomic E-state index is 0.138. The molecule has 0 saturated carbocycles. The molecule has 0 spiro atoms. The van der Waals surface area contributed by atoms with Crippen LogP contribution < -0.4 is 10.6 Å². The highest BCUT2D eigenvalue weighted by atomic mass is 16.4. The van der Waals surface area contributed by atoms with Gasteiger partial charge in [-0.1, -0.05) is 27.7 Å². The molecule has 19 heavy (non-hydrogen) atoms. The van der Waals surface area contributed by atoms with Crippen LogP contribution in [0.3, 0.4) is 0 Å². The molecule has 112 valence electrons. The second-order valence-electron chi connectivity index (χ2n) is 4.98. The van der Waals surface area contributed by atoms with Crippen LogP contribution in [0.2, 0.25) is 0 Å². The monoisotopic (exact) mass is 272 g/mol. The highest BCUT2D eigenvalue weighted by Gasteiger charge is 2.37. The molecule has 0 rings (SSSR count). The van der Waals surface area contributed by atoms with Crippen molar-refractivity contribution in [3.8, 4) is 0 Å². The summed E-state index contributed by atoms with van der Waals surface area (Å²) in [5.41, 5.74) is -1.02. The molecule has 1 unspecified atom stereocenters. The molecule has 0 aliphatic heterocycles. The lowest BCUT2D eigenvalue weighted by Crippen LogP contribution is -2.59. The molecule has 0 heterocycles. The van der Waals surface area contributed by atoms with Crippen molar-refractivity contribution in [2.24, 2.45) is 0 Å². The number of carboxylic acids is 1. The van der Waals surface area contributed by atoms with Gasteiger partial charge in [-0.15, -0.1) is 0 Å². The van der Waals surface area contributed by atoms with Gasteiger partial charge in [-0.05, 0) is 32.6 Å². The van der Waals surface area contributed by atoms with E-state index in [1.165, 1.54) is 0 Å². The van der Waals surface area contributed by atoms with E-state index in [1.54, 1.807) is 6.92 Å². The maximum absolute atomic E-state index is 12.0. The smallest absolute Gasteiger partial charge is 0.323 e. The van der Waals surface area contributed by atoms with Gasteiger partial charge in [0.2, 0.25) is 5.91 Å². The number of rotatable bonds is 9. The summed E-state index contributed by atoms with van der Waals surface area (Å²) in [5, 5.41) is 15.2. The maximum Gasteiger partial charge on any atom is 0.323 e. The molecule has 0 aliphatic carbocycles. The molecule has 0 aromatic heterocycles. The first-order valence-electron chi connectivity index (χ1n) is 7.18. The predicted molar refractivity (Wildman–Crippen MR) is 76.1 cm³/mol. The lowest BCUT2D eigenvalue weighted by atomic mass is 9.92. The van der Waals surface area contributed by atoms with E-state index in [1.807, 2.05) is 27.7 Å². The maximum atomic E-state index is 12.0. The second kappa shape index (κ2) is 8.15. The summed E-state index contributed by atoms with van der Waals surface area (Å²) >= 11 is 0. The normalized spacial score (nSPS) is 13.4. The van der Waals surface area contributed by atoms with Crippen LogP contribution in [-0.4, -0.2) is 34.6 Å². The largest absolute Gasteiger partial charge is 0.480 e. The van der Waals surface area contributed by atoms with Crippen LogP contribution in [0, 0.1) is 0 Å². The SMILES string of the molecule is CCC(CC)NC(=O)C(C)NC(CC)(CC)C(=O)O. The molecule has 0 bridgehead atoms. The van der Waals surface area contributed by atoms with Crippen LogP contribution in [0.25, 0.3) is 0 Å². The van der Waals surface area contributed by atoms with Crippen LogP contribution in [0.1, 0.15) is 60.3 Å². The Morgan fingerprint density at radius 2 is 1.58 bits per heavy atom. The molecule has 0 radical (unpaired) electrons. The highest BCUT2D eigenvalue weighted by molar-refractivity contribution is 5.84. The van der Waals surface area contributed by atoms with E-state index in [-0.39, 0.29) is 11.9 Å². The third-order valence-electron chi connectivity index (χ3n) is 3.83. The Morgan fingerprint density at radius 3 is 1.89 bits per heavy atom. The minimum atomic E-state index is -1.02. The van der Waals surface area contributed by atoms with Crippen molar-refractivity contribution >= 4 is 11.9 Å². The zero-order valence-electron chi connectivity index (χ0n) is 12.7. The Hall–Kier alpha value is -1.10. The van der Waals surface area contributed by atoms with Gasteiger partial charge in [0.1, 0.15) is 5.54 Å².